The molecule has 4 rings (SSSR count). The van der Waals surface area contributed by atoms with E-state index in [0.29, 0.717) is 23.3 Å². The van der Waals surface area contributed by atoms with Crippen LogP contribution in [0.5, 0.6) is 0 Å². The van der Waals surface area contributed by atoms with Crippen LogP contribution in [0.3, 0.4) is 0 Å². The number of rotatable bonds is 7. The van der Waals surface area contributed by atoms with Crippen molar-refractivity contribution in [2.75, 3.05) is 13.1 Å². The minimum Gasteiger partial charge on any atom is -0.311 e. The van der Waals surface area contributed by atoms with Crippen LogP contribution < -0.4 is 5.32 Å². The lowest BCUT2D eigenvalue weighted by Gasteiger charge is -2.60. The molecule has 2 saturated carbocycles. The molecule has 1 aromatic rings. The number of benzene rings is 1. The SMILES string of the molecule is CC/C(=C\c1ccccc1)[C@@H]1C[C@H]1NC1CC2(C1)CN(C(C)C(C)=O)C2. The van der Waals surface area contributed by atoms with E-state index in [-0.39, 0.29) is 6.04 Å². The highest BCUT2D eigenvalue weighted by atomic mass is 16.1. The molecule has 2 aliphatic carbocycles. The van der Waals surface area contributed by atoms with Crippen LogP contribution in [0.1, 0.15) is 52.0 Å². The van der Waals surface area contributed by atoms with E-state index in [0.717, 1.165) is 25.4 Å². The van der Waals surface area contributed by atoms with Crippen molar-refractivity contribution in [1.29, 1.82) is 0 Å². The predicted octanol–water partition coefficient (Wildman–Crippen LogP) is 3.90. The fourth-order valence-corrected chi connectivity index (χ4v) is 5.03. The van der Waals surface area contributed by atoms with E-state index in [9.17, 15) is 4.79 Å². The van der Waals surface area contributed by atoms with E-state index in [4.69, 9.17) is 0 Å². The Hall–Kier alpha value is -1.45. The fraction of sp³-hybridized carbons (Fsp3) is 0.609. The Morgan fingerprint density at radius 3 is 2.62 bits per heavy atom. The topological polar surface area (TPSA) is 32.3 Å². The van der Waals surface area contributed by atoms with Crippen LogP contribution in [0.2, 0.25) is 0 Å². The third-order valence-corrected chi connectivity index (χ3v) is 6.85. The van der Waals surface area contributed by atoms with Gasteiger partial charge in [0.25, 0.3) is 0 Å². The van der Waals surface area contributed by atoms with Gasteiger partial charge in [0.2, 0.25) is 0 Å². The first-order valence-electron chi connectivity index (χ1n) is 10.3. The Bertz CT molecular complexity index is 681. The minimum absolute atomic E-state index is 0.107. The van der Waals surface area contributed by atoms with Crippen molar-refractivity contribution < 1.29 is 4.79 Å². The number of nitrogens with zero attached hydrogens (tertiary/aromatic N) is 1. The lowest BCUT2D eigenvalue weighted by Crippen LogP contribution is -2.68. The summed E-state index contributed by atoms with van der Waals surface area (Å²) < 4.78 is 0. The highest BCUT2D eigenvalue weighted by Crippen LogP contribution is 2.50. The molecule has 1 N–H and O–H groups in total. The maximum absolute atomic E-state index is 11.5. The molecule has 1 unspecified atom stereocenters. The third-order valence-electron chi connectivity index (χ3n) is 6.85. The second-order valence-electron chi connectivity index (χ2n) is 8.90. The largest absolute Gasteiger partial charge is 0.311 e. The van der Waals surface area contributed by atoms with Gasteiger partial charge in [0, 0.05) is 25.2 Å². The van der Waals surface area contributed by atoms with E-state index >= 15 is 0 Å². The highest BCUT2D eigenvalue weighted by Gasteiger charge is 2.54. The summed E-state index contributed by atoms with van der Waals surface area (Å²) >= 11 is 0. The van der Waals surface area contributed by atoms with Crippen molar-refractivity contribution in [2.24, 2.45) is 11.3 Å². The molecule has 0 radical (unpaired) electrons. The summed E-state index contributed by atoms with van der Waals surface area (Å²) in [6, 6.07) is 12.2. The summed E-state index contributed by atoms with van der Waals surface area (Å²) in [6.45, 7) is 8.27. The van der Waals surface area contributed by atoms with Gasteiger partial charge in [-0.05, 0) is 56.4 Å². The molecule has 1 spiro atoms. The number of nitrogens with one attached hydrogen (secondary N) is 1. The van der Waals surface area contributed by atoms with E-state index in [2.05, 4.69) is 53.5 Å². The van der Waals surface area contributed by atoms with Gasteiger partial charge < -0.3 is 5.32 Å². The van der Waals surface area contributed by atoms with Gasteiger partial charge in [0.05, 0.1) is 6.04 Å². The van der Waals surface area contributed by atoms with Crippen LogP contribution in [-0.2, 0) is 4.79 Å². The molecule has 0 bridgehead atoms. The monoisotopic (exact) mass is 352 g/mol. The van der Waals surface area contributed by atoms with Crippen molar-refractivity contribution in [3.8, 4) is 0 Å². The minimum atomic E-state index is 0.107. The number of hydrogen-bond donors (Lipinski definition) is 1. The molecule has 1 aliphatic heterocycles. The van der Waals surface area contributed by atoms with Gasteiger partial charge >= 0.3 is 0 Å². The number of carbonyl (C=O) groups is 1. The van der Waals surface area contributed by atoms with Gasteiger partial charge in [-0.25, -0.2) is 0 Å². The molecule has 1 heterocycles. The summed E-state index contributed by atoms with van der Waals surface area (Å²) in [6.07, 6.45) is 7.41. The van der Waals surface area contributed by atoms with Gasteiger partial charge in [-0.1, -0.05) is 48.9 Å². The number of likely N-dealkylation sites (tertiary alicyclic amines) is 1. The first kappa shape index (κ1) is 17.9. The zero-order chi connectivity index (χ0) is 18.3. The van der Waals surface area contributed by atoms with Crippen LogP contribution >= 0.6 is 0 Å². The van der Waals surface area contributed by atoms with Crippen molar-refractivity contribution in [3.05, 3.63) is 41.5 Å². The standard InChI is InChI=1S/C23H32N2O/c1-4-19(10-18-8-6-5-7-9-18)21-11-22(21)24-20-12-23(13-20)14-25(15-23)16(2)17(3)26/h5-10,16,20-22,24H,4,11-15H2,1-3H3/b19-10+/t16?,21-,22+/m0/s1. The van der Waals surface area contributed by atoms with Crippen molar-refractivity contribution in [1.82, 2.24) is 10.2 Å². The summed E-state index contributed by atoms with van der Waals surface area (Å²) in [5.41, 5.74) is 3.43. The van der Waals surface area contributed by atoms with Gasteiger partial charge in [-0.3, -0.25) is 9.69 Å². The second kappa shape index (κ2) is 6.94. The normalized spacial score (nSPS) is 29.1. The van der Waals surface area contributed by atoms with Gasteiger partial charge in [-0.15, -0.1) is 0 Å². The maximum Gasteiger partial charge on any atom is 0.146 e. The Morgan fingerprint density at radius 1 is 1.31 bits per heavy atom. The van der Waals surface area contributed by atoms with E-state index < -0.39 is 0 Å². The number of ketones is 1. The number of hydrogen-bond acceptors (Lipinski definition) is 3. The van der Waals surface area contributed by atoms with Crippen molar-refractivity contribution >= 4 is 11.9 Å². The van der Waals surface area contributed by atoms with Gasteiger partial charge in [0.1, 0.15) is 5.78 Å². The molecule has 3 atom stereocenters. The van der Waals surface area contributed by atoms with Crippen LogP contribution in [0.4, 0.5) is 0 Å². The molecule has 1 aromatic carbocycles. The van der Waals surface area contributed by atoms with Crippen LogP contribution in [0.25, 0.3) is 6.08 Å². The number of carbonyl (C=O) groups excluding carboxylic acids is 1. The second-order valence-corrected chi connectivity index (χ2v) is 8.90. The molecule has 1 saturated heterocycles. The van der Waals surface area contributed by atoms with Crippen molar-refractivity contribution in [2.45, 2.75) is 64.6 Å². The maximum atomic E-state index is 11.5. The summed E-state index contributed by atoms with van der Waals surface area (Å²) in [5, 5.41) is 3.90. The highest BCUT2D eigenvalue weighted by molar-refractivity contribution is 5.81. The molecule has 3 nitrogen and oxygen atoms in total. The molecule has 0 amide bonds. The molecular formula is C23H32N2O. The molecule has 26 heavy (non-hydrogen) atoms. The smallest absolute Gasteiger partial charge is 0.146 e. The predicted molar refractivity (Wildman–Crippen MR) is 107 cm³/mol. The lowest BCUT2D eigenvalue weighted by molar-refractivity contribution is -0.135. The molecule has 0 aromatic heterocycles. The first-order chi connectivity index (χ1) is 12.5. The summed E-state index contributed by atoms with van der Waals surface area (Å²) in [4.78, 5) is 13.9. The Balaban J connectivity index is 1.23. The molecule has 3 aliphatic rings. The quantitative estimate of drug-likeness (QED) is 0.808. The zero-order valence-electron chi connectivity index (χ0n) is 16.4. The van der Waals surface area contributed by atoms with E-state index in [1.54, 1.807) is 12.5 Å². The Morgan fingerprint density at radius 2 is 2.00 bits per heavy atom. The van der Waals surface area contributed by atoms with Crippen LogP contribution in [-0.4, -0.2) is 41.9 Å². The summed E-state index contributed by atoms with van der Waals surface area (Å²) in [5.74, 6) is 1.03. The Labute approximate surface area is 157 Å². The zero-order valence-corrected chi connectivity index (χ0v) is 16.4. The third kappa shape index (κ3) is 3.52. The van der Waals surface area contributed by atoms with E-state index in [1.165, 1.54) is 24.8 Å². The first-order valence-corrected chi connectivity index (χ1v) is 10.3. The average Bonchev–Trinajstić information content (AvgIpc) is 3.33. The van der Waals surface area contributed by atoms with Crippen molar-refractivity contribution in [3.63, 3.8) is 0 Å². The molecule has 3 fully saturated rings. The summed E-state index contributed by atoms with van der Waals surface area (Å²) in [7, 11) is 0. The Kier molecular flexibility index (Phi) is 4.79. The average molecular weight is 353 g/mol. The van der Waals surface area contributed by atoms with Gasteiger partial charge in [-0.2, -0.15) is 0 Å². The molecule has 3 heteroatoms. The van der Waals surface area contributed by atoms with Crippen LogP contribution in [0.15, 0.2) is 35.9 Å². The number of Topliss-reactive ketones (excluding diaryl/α,β-unsaturated/α-hetero) is 1. The molecular weight excluding hydrogens is 320 g/mol. The molecule has 140 valence electrons. The lowest BCUT2D eigenvalue weighted by atomic mass is 9.60. The van der Waals surface area contributed by atoms with E-state index in [1.807, 2.05) is 6.92 Å². The van der Waals surface area contributed by atoms with Gasteiger partial charge in [0.15, 0.2) is 0 Å². The fourth-order valence-electron chi connectivity index (χ4n) is 5.03. The van der Waals surface area contributed by atoms with Crippen LogP contribution in [0, 0.1) is 11.3 Å².